The maximum Gasteiger partial charge on any atom is 0.330 e. The smallest absolute Gasteiger partial charge is 0.330 e. The summed E-state index contributed by atoms with van der Waals surface area (Å²) in [5.74, 6) is -0.641. The molecule has 0 fully saturated rings. The molecule has 2 rings (SSSR count). The molecule has 0 spiro atoms. The lowest BCUT2D eigenvalue weighted by Gasteiger charge is -2.13. The number of hydrogen-bond acceptors (Lipinski definition) is 4. The third-order valence-electron chi connectivity index (χ3n) is 4.22. The average molecular weight is 365 g/mol. The maximum atomic E-state index is 12.2. The molecular formula is C21H23N3O3. The largest absolute Gasteiger partial charge is 0.452 e. The predicted molar refractivity (Wildman–Crippen MR) is 103 cm³/mol. The van der Waals surface area contributed by atoms with Crippen molar-refractivity contribution in [3.05, 3.63) is 64.9 Å². The van der Waals surface area contributed by atoms with Crippen molar-refractivity contribution < 1.29 is 14.3 Å². The molecule has 2 aromatic rings. The van der Waals surface area contributed by atoms with Crippen molar-refractivity contribution in [2.24, 2.45) is 0 Å². The number of carbonyl (C=O) groups excluding carboxylic acids is 2. The third kappa shape index (κ3) is 5.08. The molecule has 1 aromatic heterocycles. The lowest BCUT2D eigenvalue weighted by Crippen LogP contribution is -2.22. The first-order valence-corrected chi connectivity index (χ1v) is 8.74. The van der Waals surface area contributed by atoms with Crippen LogP contribution in [0.25, 0.3) is 0 Å². The Hall–Kier alpha value is -3.33. The van der Waals surface area contributed by atoms with Gasteiger partial charge in [-0.05, 0) is 31.4 Å². The van der Waals surface area contributed by atoms with Gasteiger partial charge in [0.2, 0.25) is 0 Å². The first-order valence-electron chi connectivity index (χ1n) is 8.74. The Labute approximate surface area is 159 Å². The summed E-state index contributed by atoms with van der Waals surface area (Å²) in [5.41, 5.74) is 3.17. The third-order valence-corrected chi connectivity index (χ3v) is 4.22. The van der Waals surface area contributed by atoms with Crippen LogP contribution in [0.2, 0.25) is 0 Å². The second-order valence-electron chi connectivity index (χ2n) is 6.08. The summed E-state index contributed by atoms with van der Waals surface area (Å²) in [5, 5.41) is 12.2. The molecule has 0 saturated carbocycles. The van der Waals surface area contributed by atoms with Crippen LogP contribution in [0.3, 0.4) is 0 Å². The molecule has 0 aliphatic rings. The van der Waals surface area contributed by atoms with Crippen molar-refractivity contribution in [2.75, 3.05) is 11.9 Å². The van der Waals surface area contributed by atoms with Crippen molar-refractivity contribution in [2.45, 2.75) is 33.7 Å². The first-order chi connectivity index (χ1) is 13.0. The van der Waals surface area contributed by atoms with Crippen LogP contribution in [-0.2, 0) is 20.9 Å². The van der Waals surface area contributed by atoms with Crippen molar-refractivity contribution in [3.63, 3.8) is 0 Å². The predicted octanol–water partition coefficient (Wildman–Crippen LogP) is 3.47. The number of anilines is 1. The molecule has 27 heavy (non-hydrogen) atoms. The molecule has 0 bridgehead atoms. The molecule has 0 aliphatic heterocycles. The van der Waals surface area contributed by atoms with Gasteiger partial charge in [0.05, 0.1) is 5.56 Å². The molecule has 0 unspecified atom stereocenters. The summed E-state index contributed by atoms with van der Waals surface area (Å²) in [7, 11) is 0. The summed E-state index contributed by atoms with van der Waals surface area (Å²) in [6, 6.07) is 11.9. The molecular weight excluding hydrogens is 342 g/mol. The van der Waals surface area contributed by atoms with E-state index in [1.54, 1.807) is 6.08 Å². The number of carbonyl (C=O) groups is 2. The molecule has 140 valence electrons. The minimum Gasteiger partial charge on any atom is -0.452 e. The number of ether oxygens (including phenoxy) is 1. The fourth-order valence-corrected chi connectivity index (χ4v) is 2.66. The molecule has 0 aliphatic carbocycles. The molecule has 0 saturated heterocycles. The summed E-state index contributed by atoms with van der Waals surface area (Å²) >= 11 is 0. The molecule has 1 amide bonds. The monoisotopic (exact) mass is 365 g/mol. The summed E-state index contributed by atoms with van der Waals surface area (Å²) in [6.45, 7) is 5.76. The van der Waals surface area contributed by atoms with E-state index in [9.17, 15) is 14.9 Å². The van der Waals surface area contributed by atoms with Crippen LogP contribution in [-0.4, -0.2) is 23.1 Å². The van der Waals surface area contributed by atoms with Gasteiger partial charge in [-0.15, -0.1) is 0 Å². The number of nitriles is 1. The SMILES string of the molecule is CC/C=C/C(=O)OCC(=O)Nc1c(C#N)c(C)c(C)n1Cc1ccccc1. The minimum atomic E-state index is -0.570. The highest BCUT2D eigenvalue weighted by molar-refractivity contribution is 5.94. The Kier molecular flexibility index (Phi) is 6.95. The zero-order chi connectivity index (χ0) is 19.8. The highest BCUT2D eigenvalue weighted by Crippen LogP contribution is 2.27. The van der Waals surface area contributed by atoms with Gasteiger partial charge in [-0.3, -0.25) is 4.79 Å². The van der Waals surface area contributed by atoms with Gasteiger partial charge >= 0.3 is 5.97 Å². The highest BCUT2D eigenvalue weighted by atomic mass is 16.5. The highest BCUT2D eigenvalue weighted by Gasteiger charge is 2.20. The van der Waals surface area contributed by atoms with E-state index in [0.717, 1.165) is 16.8 Å². The van der Waals surface area contributed by atoms with E-state index in [1.807, 2.05) is 55.7 Å². The van der Waals surface area contributed by atoms with E-state index < -0.39 is 18.5 Å². The van der Waals surface area contributed by atoms with E-state index in [0.29, 0.717) is 24.3 Å². The van der Waals surface area contributed by atoms with Crippen molar-refractivity contribution in [3.8, 4) is 6.07 Å². The van der Waals surface area contributed by atoms with E-state index in [2.05, 4.69) is 11.4 Å². The van der Waals surface area contributed by atoms with Crippen molar-refractivity contribution in [1.82, 2.24) is 4.57 Å². The van der Waals surface area contributed by atoms with Gasteiger partial charge < -0.3 is 14.6 Å². The maximum absolute atomic E-state index is 12.2. The van der Waals surface area contributed by atoms with Gasteiger partial charge in [-0.2, -0.15) is 5.26 Å². The van der Waals surface area contributed by atoms with E-state index >= 15 is 0 Å². The summed E-state index contributed by atoms with van der Waals surface area (Å²) < 4.78 is 6.81. The van der Waals surface area contributed by atoms with Gasteiger partial charge in [-0.1, -0.05) is 43.3 Å². The standard InChI is InChI=1S/C21H23N3O3/c1-4-5-11-20(26)27-14-19(25)23-21-18(12-22)15(2)16(3)24(21)13-17-9-7-6-8-10-17/h5-11H,4,13-14H2,1-3H3,(H,23,25)/b11-5+. The topological polar surface area (TPSA) is 84.1 Å². The van der Waals surface area contributed by atoms with Crippen LogP contribution in [0, 0.1) is 25.2 Å². The van der Waals surface area contributed by atoms with E-state index in [-0.39, 0.29) is 0 Å². The van der Waals surface area contributed by atoms with Crippen LogP contribution in [0.4, 0.5) is 5.82 Å². The number of nitrogens with one attached hydrogen (secondary N) is 1. The second-order valence-corrected chi connectivity index (χ2v) is 6.08. The quantitative estimate of drug-likeness (QED) is 0.601. The first kappa shape index (κ1) is 20.0. The number of esters is 1. The van der Waals surface area contributed by atoms with Crippen molar-refractivity contribution in [1.29, 1.82) is 5.26 Å². The number of aromatic nitrogens is 1. The van der Waals surface area contributed by atoms with Gasteiger partial charge in [0, 0.05) is 18.3 Å². The molecule has 1 N–H and O–H groups in total. The van der Waals surface area contributed by atoms with Gasteiger partial charge in [-0.25, -0.2) is 4.79 Å². The summed E-state index contributed by atoms with van der Waals surface area (Å²) in [4.78, 5) is 23.8. The Morgan fingerprint density at radius 3 is 2.59 bits per heavy atom. The summed E-state index contributed by atoms with van der Waals surface area (Å²) in [6.07, 6.45) is 3.66. The lowest BCUT2D eigenvalue weighted by atomic mass is 10.2. The number of nitrogens with zero attached hydrogens (tertiary/aromatic N) is 2. The Morgan fingerprint density at radius 1 is 1.26 bits per heavy atom. The minimum absolute atomic E-state index is 0.410. The number of rotatable bonds is 7. The van der Waals surface area contributed by atoms with Crippen LogP contribution < -0.4 is 5.32 Å². The van der Waals surface area contributed by atoms with E-state index in [1.165, 1.54) is 6.08 Å². The zero-order valence-electron chi connectivity index (χ0n) is 15.8. The van der Waals surface area contributed by atoms with Crippen LogP contribution >= 0.6 is 0 Å². The number of benzene rings is 1. The van der Waals surface area contributed by atoms with E-state index in [4.69, 9.17) is 4.74 Å². The van der Waals surface area contributed by atoms with Gasteiger partial charge in [0.1, 0.15) is 11.9 Å². The second kappa shape index (κ2) is 9.39. The fraction of sp³-hybridized carbons (Fsp3) is 0.286. The van der Waals surface area contributed by atoms with Crippen LogP contribution in [0.15, 0.2) is 42.5 Å². The fourth-order valence-electron chi connectivity index (χ4n) is 2.66. The van der Waals surface area contributed by atoms with Crippen LogP contribution in [0.5, 0.6) is 0 Å². The molecule has 6 heteroatoms. The Morgan fingerprint density at radius 2 is 1.96 bits per heavy atom. The molecule has 6 nitrogen and oxygen atoms in total. The molecule has 1 aromatic carbocycles. The molecule has 1 heterocycles. The van der Waals surface area contributed by atoms with Gasteiger partial charge in [0.25, 0.3) is 5.91 Å². The number of allylic oxidation sites excluding steroid dienone is 1. The Bertz CT molecular complexity index is 890. The number of hydrogen-bond donors (Lipinski definition) is 1. The molecule has 0 atom stereocenters. The Balaban J connectivity index is 2.21. The van der Waals surface area contributed by atoms with Crippen molar-refractivity contribution >= 4 is 17.7 Å². The molecule has 0 radical (unpaired) electrons. The lowest BCUT2D eigenvalue weighted by molar-refractivity contribution is -0.142. The normalized spacial score (nSPS) is 10.6. The average Bonchev–Trinajstić information content (AvgIpc) is 2.89. The zero-order valence-corrected chi connectivity index (χ0v) is 15.8. The van der Waals surface area contributed by atoms with Crippen LogP contribution in [0.1, 0.15) is 35.7 Å². The van der Waals surface area contributed by atoms with Gasteiger partial charge in [0.15, 0.2) is 6.61 Å². The number of amides is 1.